The molecule has 2 N–H and O–H groups in total. The van der Waals surface area contributed by atoms with Gasteiger partial charge in [0.1, 0.15) is 0 Å². The molecule has 0 spiro atoms. The van der Waals surface area contributed by atoms with Crippen LogP contribution in [0.4, 0.5) is 13.2 Å². The highest BCUT2D eigenvalue weighted by Gasteiger charge is 2.38. The normalized spacial score (nSPS) is 19.7. The number of halogens is 3. The number of aliphatic carboxylic acids is 2. The molecular formula is C22H31F3N2O4. The lowest BCUT2D eigenvalue weighted by molar-refractivity contribution is -0.192. The summed E-state index contributed by atoms with van der Waals surface area (Å²) >= 11 is 0. The van der Waals surface area contributed by atoms with Crippen LogP contribution in [0.1, 0.15) is 48.8 Å². The highest BCUT2D eigenvalue weighted by atomic mass is 19.4. The number of likely N-dealkylation sites (tertiary alicyclic amines) is 1. The van der Waals surface area contributed by atoms with Crippen LogP contribution in [0.5, 0.6) is 0 Å². The fourth-order valence-electron chi connectivity index (χ4n) is 4.22. The van der Waals surface area contributed by atoms with Crippen molar-refractivity contribution in [1.82, 2.24) is 9.80 Å². The van der Waals surface area contributed by atoms with Crippen LogP contribution in [0, 0.1) is 0 Å². The fourth-order valence-corrected chi connectivity index (χ4v) is 4.22. The van der Waals surface area contributed by atoms with Gasteiger partial charge in [0, 0.05) is 12.6 Å². The molecule has 1 atom stereocenters. The van der Waals surface area contributed by atoms with Gasteiger partial charge in [0.15, 0.2) is 0 Å². The minimum absolute atomic E-state index is 0.148. The predicted molar refractivity (Wildman–Crippen MR) is 110 cm³/mol. The summed E-state index contributed by atoms with van der Waals surface area (Å²) < 4.78 is 31.7. The number of hydrogen-bond donors (Lipinski definition) is 2. The number of benzene rings is 1. The van der Waals surface area contributed by atoms with Gasteiger partial charge in [-0.25, -0.2) is 4.79 Å². The van der Waals surface area contributed by atoms with Gasteiger partial charge < -0.3 is 10.2 Å². The van der Waals surface area contributed by atoms with Gasteiger partial charge in [-0.05, 0) is 81.8 Å². The van der Waals surface area contributed by atoms with Crippen LogP contribution in [0.15, 0.2) is 18.2 Å². The van der Waals surface area contributed by atoms with Crippen LogP contribution in [0.25, 0.3) is 0 Å². The predicted octanol–water partition coefficient (Wildman–Crippen LogP) is 3.57. The highest BCUT2D eigenvalue weighted by Crippen LogP contribution is 2.24. The minimum atomic E-state index is -5.08. The maximum atomic E-state index is 10.9. The molecule has 1 saturated heterocycles. The Balaban J connectivity index is 0.000000423. The molecule has 0 aromatic heterocycles. The molecule has 1 aliphatic carbocycles. The Kier molecular flexibility index (Phi) is 9.31. The Hall–Kier alpha value is -2.13. The van der Waals surface area contributed by atoms with Crippen LogP contribution >= 0.6 is 0 Å². The van der Waals surface area contributed by atoms with E-state index >= 15 is 0 Å². The highest BCUT2D eigenvalue weighted by molar-refractivity contribution is 5.73. The molecule has 3 rings (SSSR count). The quantitative estimate of drug-likeness (QED) is 0.723. The maximum Gasteiger partial charge on any atom is 0.490 e. The number of fused-ring (bicyclic) bond motifs is 1. The van der Waals surface area contributed by atoms with Gasteiger partial charge in [0.2, 0.25) is 0 Å². The van der Waals surface area contributed by atoms with E-state index < -0.39 is 18.1 Å². The van der Waals surface area contributed by atoms with Gasteiger partial charge in [-0.1, -0.05) is 18.2 Å². The summed E-state index contributed by atoms with van der Waals surface area (Å²) in [6.45, 7) is 3.36. The first-order valence-electron chi connectivity index (χ1n) is 10.6. The third kappa shape index (κ3) is 8.49. The van der Waals surface area contributed by atoms with E-state index in [-0.39, 0.29) is 6.54 Å². The number of alkyl halides is 3. The topological polar surface area (TPSA) is 81.1 Å². The van der Waals surface area contributed by atoms with E-state index in [2.05, 4.69) is 23.1 Å². The smallest absolute Gasteiger partial charge is 0.480 e. The van der Waals surface area contributed by atoms with Gasteiger partial charge in [0.05, 0.1) is 6.54 Å². The molecule has 1 aromatic carbocycles. The van der Waals surface area contributed by atoms with E-state index in [9.17, 15) is 18.0 Å². The second-order valence-electron chi connectivity index (χ2n) is 8.28. The number of likely N-dealkylation sites (N-methyl/N-ethyl adjacent to an activating group) is 1. The number of rotatable bonds is 5. The molecule has 1 fully saturated rings. The average molecular weight is 444 g/mol. The first kappa shape index (κ1) is 25.1. The van der Waals surface area contributed by atoms with E-state index in [4.69, 9.17) is 15.0 Å². The van der Waals surface area contributed by atoms with Crippen molar-refractivity contribution in [2.24, 2.45) is 0 Å². The van der Waals surface area contributed by atoms with Crippen molar-refractivity contribution in [3.63, 3.8) is 0 Å². The van der Waals surface area contributed by atoms with E-state index in [1.54, 1.807) is 11.1 Å². The lowest BCUT2D eigenvalue weighted by Crippen LogP contribution is -2.36. The molecule has 1 heterocycles. The summed E-state index contributed by atoms with van der Waals surface area (Å²) in [5.41, 5.74) is 4.55. The van der Waals surface area contributed by atoms with Gasteiger partial charge in [0.25, 0.3) is 0 Å². The Labute approximate surface area is 180 Å². The number of aryl methyl sites for hydroxylation is 2. The van der Waals surface area contributed by atoms with E-state index in [0.29, 0.717) is 6.04 Å². The van der Waals surface area contributed by atoms with Gasteiger partial charge in [-0.2, -0.15) is 13.2 Å². The van der Waals surface area contributed by atoms with E-state index in [1.807, 2.05) is 11.9 Å². The molecule has 2 aliphatic rings. The summed E-state index contributed by atoms with van der Waals surface area (Å²) in [5, 5.41) is 16.1. The zero-order valence-corrected chi connectivity index (χ0v) is 17.8. The van der Waals surface area contributed by atoms with Crippen molar-refractivity contribution in [2.45, 2.75) is 63.7 Å². The molecule has 1 aromatic rings. The van der Waals surface area contributed by atoms with Gasteiger partial charge in [-0.15, -0.1) is 0 Å². The lowest BCUT2D eigenvalue weighted by Gasteiger charge is -2.26. The van der Waals surface area contributed by atoms with Gasteiger partial charge >= 0.3 is 18.1 Å². The first-order valence-corrected chi connectivity index (χ1v) is 10.6. The number of nitrogens with zero attached hydrogens (tertiary/aromatic N) is 2. The van der Waals surface area contributed by atoms with Crippen LogP contribution in [-0.2, 0) is 29.0 Å². The number of carbonyl (C=O) groups is 2. The fraction of sp³-hybridized carbons (Fsp3) is 0.636. The minimum Gasteiger partial charge on any atom is -0.480 e. The monoisotopic (exact) mass is 444 g/mol. The Morgan fingerprint density at radius 1 is 1.06 bits per heavy atom. The zero-order chi connectivity index (χ0) is 23.0. The zero-order valence-electron chi connectivity index (χ0n) is 17.8. The van der Waals surface area contributed by atoms with Crippen molar-refractivity contribution >= 4 is 11.9 Å². The average Bonchev–Trinajstić information content (AvgIpc) is 2.93. The van der Waals surface area contributed by atoms with Crippen molar-refractivity contribution in [1.29, 1.82) is 0 Å². The summed E-state index contributed by atoms with van der Waals surface area (Å²) in [5.74, 6) is -3.49. The van der Waals surface area contributed by atoms with Gasteiger partial charge in [-0.3, -0.25) is 14.6 Å². The van der Waals surface area contributed by atoms with Crippen LogP contribution in [0.3, 0.4) is 0 Å². The number of hydrogen-bond acceptors (Lipinski definition) is 4. The molecule has 0 amide bonds. The van der Waals surface area contributed by atoms with Crippen LogP contribution in [0.2, 0.25) is 0 Å². The summed E-state index contributed by atoms with van der Waals surface area (Å²) in [4.78, 5) is 24.4. The lowest BCUT2D eigenvalue weighted by atomic mass is 9.90. The molecule has 9 heteroatoms. The Morgan fingerprint density at radius 3 is 2.32 bits per heavy atom. The first-order chi connectivity index (χ1) is 14.6. The van der Waals surface area contributed by atoms with Crippen molar-refractivity contribution < 1.29 is 33.0 Å². The van der Waals surface area contributed by atoms with E-state index in [1.165, 1.54) is 31.2 Å². The number of carboxylic acid groups (broad SMARTS) is 2. The molecule has 0 radical (unpaired) electrons. The summed E-state index contributed by atoms with van der Waals surface area (Å²) in [7, 11) is 1.94. The molecule has 0 saturated carbocycles. The third-order valence-electron chi connectivity index (χ3n) is 5.86. The van der Waals surface area contributed by atoms with Crippen molar-refractivity contribution in [3.8, 4) is 0 Å². The van der Waals surface area contributed by atoms with Crippen molar-refractivity contribution in [2.75, 3.05) is 26.7 Å². The second-order valence-corrected chi connectivity index (χ2v) is 8.28. The summed E-state index contributed by atoms with van der Waals surface area (Å²) in [6, 6.07) is 7.47. The largest absolute Gasteiger partial charge is 0.490 e. The summed E-state index contributed by atoms with van der Waals surface area (Å²) in [6.07, 6.45) is 3.39. The van der Waals surface area contributed by atoms with Crippen LogP contribution in [-0.4, -0.2) is 70.9 Å². The maximum absolute atomic E-state index is 10.9. The molecule has 1 unspecified atom stereocenters. The Bertz CT molecular complexity index is 755. The molecule has 1 aliphatic heterocycles. The standard InChI is InChI=1S/C20H30N2O2.C2HF3O2/c1-21(15-20(23)24)19-7-4-11-22(12-10-19)14-16-8-9-17-5-2-3-6-18(17)13-16;3-2(4,5)1(6)7/h8-9,13,19H,2-7,10-12,14-15H2,1H3,(H,23,24);(H,6,7). The SMILES string of the molecule is CN(CC(=O)O)C1CCCN(Cc2ccc3c(c2)CCCC3)CC1.O=C(O)C(F)(F)F. The van der Waals surface area contributed by atoms with E-state index in [0.717, 1.165) is 38.9 Å². The van der Waals surface area contributed by atoms with Crippen molar-refractivity contribution in [3.05, 3.63) is 34.9 Å². The molecule has 31 heavy (non-hydrogen) atoms. The molecule has 0 bridgehead atoms. The molecule has 6 nitrogen and oxygen atoms in total. The van der Waals surface area contributed by atoms with Crippen LogP contribution < -0.4 is 0 Å². The Morgan fingerprint density at radius 2 is 1.71 bits per heavy atom. The molecular weight excluding hydrogens is 413 g/mol. The third-order valence-corrected chi connectivity index (χ3v) is 5.86. The number of carboxylic acids is 2. The molecule has 174 valence electrons. The second kappa shape index (κ2) is 11.5.